The number of imidazole rings is 1. The van der Waals surface area contributed by atoms with E-state index < -0.39 is 11.6 Å². The highest BCUT2D eigenvalue weighted by Gasteiger charge is 2.20. The summed E-state index contributed by atoms with van der Waals surface area (Å²) in [4.78, 5) is 36.8. The highest BCUT2D eigenvalue weighted by molar-refractivity contribution is 5.93. The number of benzene rings is 1. The Hall–Kier alpha value is -4.41. The second-order valence-electron chi connectivity index (χ2n) is 7.25. The van der Waals surface area contributed by atoms with Crippen LogP contribution >= 0.6 is 0 Å². The van der Waals surface area contributed by atoms with E-state index in [0.717, 1.165) is 18.5 Å². The van der Waals surface area contributed by atoms with Gasteiger partial charge < -0.3 is 21.1 Å². The molecule has 31 heavy (non-hydrogen) atoms. The number of hydrogen-bond donors (Lipinski definition) is 5. The van der Waals surface area contributed by atoms with Gasteiger partial charge in [-0.1, -0.05) is 0 Å². The molecule has 0 atom stereocenters. The van der Waals surface area contributed by atoms with Crippen LogP contribution in [0.4, 0.5) is 11.5 Å². The maximum absolute atomic E-state index is 11.4. The average molecular weight is 418 g/mol. The van der Waals surface area contributed by atoms with Crippen molar-refractivity contribution < 1.29 is 9.90 Å². The molecule has 0 spiro atoms. The van der Waals surface area contributed by atoms with Crippen LogP contribution in [-0.4, -0.2) is 41.6 Å². The van der Waals surface area contributed by atoms with Gasteiger partial charge in [0.2, 0.25) is 11.8 Å². The van der Waals surface area contributed by atoms with Gasteiger partial charge in [-0.3, -0.25) is 14.8 Å². The minimum atomic E-state index is -0.514. The van der Waals surface area contributed by atoms with Crippen LogP contribution in [0.5, 0.6) is 5.88 Å². The van der Waals surface area contributed by atoms with Crippen LogP contribution in [0.1, 0.15) is 28.9 Å². The zero-order valence-electron chi connectivity index (χ0n) is 16.2. The molecule has 1 aromatic carbocycles. The van der Waals surface area contributed by atoms with Crippen LogP contribution in [0.2, 0.25) is 0 Å². The molecule has 1 aliphatic rings. The number of nitrogens with two attached hydrogens (primary N) is 1. The van der Waals surface area contributed by atoms with Crippen molar-refractivity contribution in [3.63, 3.8) is 0 Å². The number of primary amides is 1. The SMILES string of the molecule is NC(=O)c1ccc(Nc2cc(=NC3CC3)n3nc/c(=C\c4[nH]c(=O)[nH]c4O)c3n2)cc1. The summed E-state index contributed by atoms with van der Waals surface area (Å²) in [6.07, 6.45) is 5.22. The van der Waals surface area contributed by atoms with Crippen molar-refractivity contribution in [2.45, 2.75) is 18.9 Å². The quantitative estimate of drug-likeness (QED) is 0.303. The molecular weight excluding hydrogens is 400 g/mol. The van der Waals surface area contributed by atoms with E-state index in [2.05, 4.69) is 25.4 Å². The fourth-order valence-corrected chi connectivity index (χ4v) is 3.13. The minimum Gasteiger partial charge on any atom is -0.493 e. The third-order valence-corrected chi connectivity index (χ3v) is 4.82. The number of aromatic hydroxyl groups is 1. The van der Waals surface area contributed by atoms with Gasteiger partial charge in [0.15, 0.2) is 11.1 Å². The summed E-state index contributed by atoms with van der Waals surface area (Å²) < 4.78 is 1.62. The number of rotatable bonds is 5. The fraction of sp³-hybridized carbons (Fsp3) is 0.150. The molecule has 0 bridgehead atoms. The summed E-state index contributed by atoms with van der Waals surface area (Å²) in [5.74, 6) is -0.237. The highest BCUT2D eigenvalue weighted by Crippen LogP contribution is 2.22. The van der Waals surface area contributed by atoms with Gasteiger partial charge in [-0.15, -0.1) is 0 Å². The molecule has 3 heterocycles. The molecule has 0 radical (unpaired) electrons. The molecule has 0 aliphatic heterocycles. The van der Waals surface area contributed by atoms with Gasteiger partial charge in [-0.05, 0) is 43.2 Å². The molecule has 0 saturated heterocycles. The van der Waals surface area contributed by atoms with Crippen LogP contribution in [0.15, 0.2) is 46.3 Å². The van der Waals surface area contributed by atoms with E-state index in [-0.39, 0.29) is 17.6 Å². The lowest BCUT2D eigenvalue weighted by Crippen LogP contribution is -2.19. The van der Waals surface area contributed by atoms with Crippen molar-refractivity contribution in [2.24, 2.45) is 10.7 Å². The molecule has 0 unspecified atom stereocenters. The number of H-pyrrole nitrogens is 2. The molecule has 1 saturated carbocycles. The Morgan fingerprint density at radius 1 is 1.29 bits per heavy atom. The lowest BCUT2D eigenvalue weighted by atomic mass is 10.2. The maximum atomic E-state index is 11.4. The summed E-state index contributed by atoms with van der Waals surface area (Å²) in [5, 5.41) is 18.0. The molecule has 3 aromatic heterocycles. The third kappa shape index (κ3) is 3.75. The summed E-state index contributed by atoms with van der Waals surface area (Å²) in [5.41, 5.74) is 7.26. The van der Waals surface area contributed by atoms with Crippen molar-refractivity contribution in [1.29, 1.82) is 0 Å². The summed E-state index contributed by atoms with van der Waals surface area (Å²) in [6, 6.07) is 8.77. The van der Waals surface area contributed by atoms with Crippen LogP contribution in [-0.2, 0) is 0 Å². The molecule has 11 heteroatoms. The number of hydrogen-bond acceptors (Lipinski definition) is 7. The van der Waals surface area contributed by atoms with E-state index in [4.69, 9.17) is 10.7 Å². The van der Waals surface area contributed by atoms with Gasteiger partial charge in [-0.25, -0.2) is 9.78 Å². The largest absolute Gasteiger partial charge is 0.493 e. The number of nitrogens with zero attached hydrogens (tertiary/aromatic N) is 4. The summed E-state index contributed by atoms with van der Waals surface area (Å²) >= 11 is 0. The van der Waals surface area contributed by atoms with Crippen LogP contribution in [0.3, 0.4) is 0 Å². The first-order valence-corrected chi connectivity index (χ1v) is 9.59. The summed E-state index contributed by atoms with van der Waals surface area (Å²) in [7, 11) is 0. The predicted molar refractivity (Wildman–Crippen MR) is 112 cm³/mol. The van der Waals surface area contributed by atoms with E-state index in [1.165, 1.54) is 0 Å². The average Bonchev–Trinajstić information content (AvgIpc) is 3.37. The number of anilines is 2. The first kappa shape index (κ1) is 18.6. The number of carbonyl (C=O) groups excluding carboxylic acids is 1. The first-order chi connectivity index (χ1) is 15.0. The number of fused-ring (bicyclic) bond motifs is 1. The van der Waals surface area contributed by atoms with Crippen LogP contribution in [0.25, 0.3) is 11.7 Å². The second kappa shape index (κ2) is 7.13. The highest BCUT2D eigenvalue weighted by atomic mass is 16.3. The van der Waals surface area contributed by atoms with Crippen LogP contribution in [0, 0.1) is 0 Å². The normalized spacial score (nSPS) is 15.0. The van der Waals surface area contributed by atoms with Crippen molar-refractivity contribution in [2.75, 3.05) is 5.32 Å². The Labute approximate surface area is 174 Å². The molecule has 11 nitrogen and oxygen atoms in total. The molecule has 1 fully saturated rings. The van der Waals surface area contributed by atoms with E-state index in [1.54, 1.807) is 47.1 Å². The third-order valence-electron chi connectivity index (χ3n) is 4.82. The van der Waals surface area contributed by atoms with Crippen molar-refractivity contribution in [3.8, 4) is 5.88 Å². The van der Waals surface area contributed by atoms with Gasteiger partial charge in [0.1, 0.15) is 11.5 Å². The van der Waals surface area contributed by atoms with Gasteiger partial charge >= 0.3 is 5.69 Å². The molecule has 4 aromatic rings. The molecule has 1 aliphatic carbocycles. The number of aromatic nitrogens is 5. The summed E-state index contributed by atoms with van der Waals surface area (Å²) in [6.45, 7) is 0. The van der Waals surface area contributed by atoms with Gasteiger partial charge in [0, 0.05) is 22.5 Å². The smallest absolute Gasteiger partial charge is 0.326 e. The van der Waals surface area contributed by atoms with E-state index in [0.29, 0.717) is 27.7 Å². The zero-order chi connectivity index (χ0) is 21.5. The predicted octanol–water partition coefficient (Wildman–Crippen LogP) is -0.0954. The van der Waals surface area contributed by atoms with Crippen molar-refractivity contribution in [3.05, 3.63) is 69.0 Å². The maximum Gasteiger partial charge on any atom is 0.326 e. The van der Waals surface area contributed by atoms with Crippen molar-refractivity contribution in [1.82, 2.24) is 24.6 Å². The zero-order valence-corrected chi connectivity index (χ0v) is 16.2. The Kier molecular flexibility index (Phi) is 4.28. The number of nitrogens with one attached hydrogen (secondary N) is 3. The Bertz CT molecular complexity index is 1480. The first-order valence-electron chi connectivity index (χ1n) is 9.59. The Morgan fingerprint density at radius 3 is 2.71 bits per heavy atom. The fourth-order valence-electron chi connectivity index (χ4n) is 3.13. The topological polar surface area (TPSA) is 167 Å². The molecular formula is C20H18N8O3. The Morgan fingerprint density at radius 2 is 2.06 bits per heavy atom. The molecule has 5 rings (SSSR count). The van der Waals surface area contributed by atoms with Crippen molar-refractivity contribution >= 4 is 29.1 Å². The number of carbonyl (C=O) groups is 1. The lowest BCUT2D eigenvalue weighted by molar-refractivity contribution is 0.100. The van der Waals surface area contributed by atoms with Gasteiger partial charge in [0.05, 0.1) is 12.2 Å². The molecule has 1 amide bonds. The Balaban J connectivity index is 1.62. The van der Waals surface area contributed by atoms with E-state index >= 15 is 0 Å². The van der Waals surface area contributed by atoms with Gasteiger partial charge in [-0.2, -0.15) is 9.61 Å². The second-order valence-corrected chi connectivity index (χ2v) is 7.25. The van der Waals surface area contributed by atoms with E-state index in [1.807, 2.05) is 0 Å². The molecule has 156 valence electrons. The monoisotopic (exact) mass is 418 g/mol. The number of amides is 1. The number of aromatic amines is 2. The van der Waals surface area contributed by atoms with E-state index in [9.17, 15) is 14.7 Å². The van der Waals surface area contributed by atoms with Gasteiger partial charge in [0.25, 0.3) is 0 Å². The lowest BCUT2D eigenvalue weighted by Gasteiger charge is -2.07. The molecule has 6 N–H and O–H groups in total. The standard InChI is InChI=1S/C20H18N8O3/c21-17(29)10-1-3-12(4-2-10)23-15-8-16(24-13-5-6-13)28-18(26-15)11(9-22-28)7-14-19(30)27-20(31)25-14/h1-4,7-9,13,23,30H,5-6H2,(H2,21,29)(H2,25,27,31)/b11-7+,24-16?. The van der Waals surface area contributed by atoms with Crippen LogP contribution < -0.4 is 27.4 Å². The minimum absolute atomic E-state index is 0.225.